The van der Waals surface area contributed by atoms with Crippen molar-refractivity contribution in [3.05, 3.63) is 34.7 Å². The molecule has 1 aromatic heterocycles. The summed E-state index contributed by atoms with van der Waals surface area (Å²) in [7, 11) is 0. The summed E-state index contributed by atoms with van der Waals surface area (Å²) in [5, 5.41) is -0.480. The van der Waals surface area contributed by atoms with E-state index in [1.54, 1.807) is 0 Å². The zero-order valence-corrected chi connectivity index (χ0v) is 7.95. The third kappa shape index (κ3) is 1.39. The highest BCUT2D eigenvalue weighted by molar-refractivity contribution is 6.37. The Hall–Kier alpha value is -1.49. The van der Waals surface area contributed by atoms with Crippen molar-refractivity contribution < 1.29 is 13.2 Å². The van der Waals surface area contributed by atoms with E-state index in [0.29, 0.717) is 0 Å². The molecular formula is C9H4ClF3N2. The Kier molecular flexibility index (Phi) is 2.19. The maximum atomic E-state index is 13.3. The van der Waals surface area contributed by atoms with Gasteiger partial charge in [-0.05, 0) is 0 Å². The first-order valence-corrected chi connectivity index (χ1v) is 4.27. The number of aromatic nitrogens is 1. The minimum absolute atomic E-state index is 0.00840. The quantitative estimate of drug-likeness (QED) is 0.710. The van der Waals surface area contributed by atoms with Crippen molar-refractivity contribution in [3.8, 4) is 0 Å². The number of hydrogen-bond acceptors (Lipinski definition) is 2. The summed E-state index contributed by atoms with van der Waals surface area (Å²) < 4.78 is 39.0. The van der Waals surface area contributed by atoms with Crippen LogP contribution < -0.4 is 5.73 Å². The van der Waals surface area contributed by atoms with Crippen LogP contribution in [0, 0.1) is 17.5 Å². The van der Waals surface area contributed by atoms with Gasteiger partial charge >= 0.3 is 0 Å². The molecule has 2 aromatic rings. The number of benzene rings is 1. The molecule has 15 heavy (non-hydrogen) atoms. The van der Waals surface area contributed by atoms with Gasteiger partial charge < -0.3 is 5.73 Å². The Morgan fingerprint density at radius 3 is 2.53 bits per heavy atom. The van der Waals surface area contributed by atoms with Crippen molar-refractivity contribution in [2.75, 3.05) is 5.73 Å². The van der Waals surface area contributed by atoms with Crippen LogP contribution >= 0.6 is 11.6 Å². The predicted octanol–water partition coefficient (Wildman–Crippen LogP) is 2.89. The molecule has 0 aliphatic carbocycles. The summed E-state index contributed by atoms with van der Waals surface area (Å²) in [6, 6.07) is 0.763. The van der Waals surface area contributed by atoms with Crippen molar-refractivity contribution in [3.63, 3.8) is 0 Å². The number of halogens is 4. The highest BCUT2D eigenvalue weighted by Gasteiger charge is 2.17. The Labute approximate surface area is 87.5 Å². The molecule has 6 heteroatoms. The molecule has 0 bridgehead atoms. The first-order valence-electron chi connectivity index (χ1n) is 3.89. The van der Waals surface area contributed by atoms with Gasteiger partial charge in [0.25, 0.3) is 0 Å². The second-order valence-electron chi connectivity index (χ2n) is 2.91. The number of pyridine rings is 1. The molecule has 2 rings (SSSR count). The highest BCUT2D eigenvalue weighted by Crippen LogP contribution is 2.31. The van der Waals surface area contributed by atoms with Crippen molar-refractivity contribution in [2.45, 2.75) is 0 Å². The molecule has 0 aliphatic rings. The lowest BCUT2D eigenvalue weighted by atomic mass is 10.2. The van der Waals surface area contributed by atoms with Gasteiger partial charge in [0.05, 0.1) is 27.8 Å². The summed E-state index contributed by atoms with van der Waals surface area (Å²) in [6.07, 6.45) is 1.15. The molecule has 0 saturated carbocycles. The van der Waals surface area contributed by atoms with Crippen LogP contribution in [0.15, 0.2) is 12.3 Å². The molecule has 0 fully saturated rings. The van der Waals surface area contributed by atoms with Crippen LogP contribution in [0.5, 0.6) is 0 Å². The molecule has 0 saturated heterocycles. The molecule has 78 valence electrons. The lowest BCUT2D eigenvalue weighted by molar-refractivity contribution is 0.453. The van der Waals surface area contributed by atoms with E-state index in [9.17, 15) is 13.2 Å². The van der Waals surface area contributed by atoms with Gasteiger partial charge in [-0.15, -0.1) is 0 Å². The minimum atomic E-state index is -1.59. The number of fused-ring (bicyclic) bond motifs is 1. The lowest BCUT2D eigenvalue weighted by Gasteiger charge is -2.05. The Balaban J connectivity index is 3.00. The van der Waals surface area contributed by atoms with Gasteiger partial charge in [-0.2, -0.15) is 0 Å². The van der Waals surface area contributed by atoms with E-state index in [2.05, 4.69) is 4.98 Å². The first-order chi connectivity index (χ1) is 7.02. The number of anilines is 1. The van der Waals surface area contributed by atoms with Crippen LogP contribution in [-0.4, -0.2) is 4.98 Å². The summed E-state index contributed by atoms with van der Waals surface area (Å²) >= 11 is 5.66. The lowest BCUT2D eigenvalue weighted by Crippen LogP contribution is -1.97. The fourth-order valence-electron chi connectivity index (χ4n) is 1.23. The fourth-order valence-corrected chi connectivity index (χ4v) is 1.46. The van der Waals surface area contributed by atoms with E-state index >= 15 is 0 Å². The van der Waals surface area contributed by atoms with Crippen LogP contribution in [0.4, 0.5) is 18.9 Å². The number of hydrogen-bond donors (Lipinski definition) is 1. The van der Waals surface area contributed by atoms with E-state index in [-0.39, 0.29) is 21.6 Å². The van der Waals surface area contributed by atoms with Gasteiger partial charge in [0.15, 0.2) is 17.5 Å². The molecule has 0 radical (unpaired) electrons. The molecular weight excluding hydrogens is 229 g/mol. The normalized spacial score (nSPS) is 10.9. The molecule has 1 aromatic carbocycles. The predicted molar refractivity (Wildman–Crippen MR) is 51.0 cm³/mol. The average Bonchev–Trinajstić information content (AvgIpc) is 2.20. The summed E-state index contributed by atoms with van der Waals surface area (Å²) in [5.41, 5.74) is 5.30. The number of rotatable bonds is 0. The summed E-state index contributed by atoms with van der Waals surface area (Å²) in [4.78, 5) is 3.65. The minimum Gasteiger partial charge on any atom is -0.396 e. The van der Waals surface area contributed by atoms with Crippen LogP contribution in [0.1, 0.15) is 0 Å². The van der Waals surface area contributed by atoms with Gasteiger partial charge in [0.1, 0.15) is 0 Å². The van der Waals surface area contributed by atoms with Gasteiger partial charge in [-0.1, -0.05) is 11.6 Å². The standard InChI is InChI=1S/C9H4ClF3N2/c10-7-4(14)2-15-5-1-3(11)8(12)9(13)6(5)7/h1-2H,14H2. The number of nitrogen functional groups attached to an aromatic ring is 1. The van der Waals surface area contributed by atoms with Gasteiger partial charge in [-0.3, -0.25) is 4.98 Å². The van der Waals surface area contributed by atoms with Crippen LogP contribution in [-0.2, 0) is 0 Å². The topological polar surface area (TPSA) is 38.9 Å². The van der Waals surface area contributed by atoms with Gasteiger partial charge in [0, 0.05) is 6.07 Å². The largest absolute Gasteiger partial charge is 0.396 e. The highest BCUT2D eigenvalue weighted by atomic mass is 35.5. The molecule has 2 N–H and O–H groups in total. The fraction of sp³-hybridized carbons (Fsp3) is 0. The van der Waals surface area contributed by atoms with E-state index in [1.165, 1.54) is 0 Å². The Morgan fingerprint density at radius 1 is 1.20 bits per heavy atom. The first kappa shape index (κ1) is 10.0. The molecule has 0 atom stereocenters. The second kappa shape index (κ2) is 3.27. The molecule has 1 heterocycles. The Morgan fingerprint density at radius 2 is 1.87 bits per heavy atom. The molecule has 0 spiro atoms. The van der Waals surface area contributed by atoms with Gasteiger partial charge in [-0.25, -0.2) is 13.2 Å². The van der Waals surface area contributed by atoms with Gasteiger partial charge in [0.2, 0.25) is 0 Å². The third-order valence-corrected chi connectivity index (χ3v) is 2.36. The van der Waals surface area contributed by atoms with Crippen molar-refractivity contribution in [2.24, 2.45) is 0 Å². The Bertz CT molecular complexity index is 557. The summed E-state index contributed by atoms with van der Waals surface area (Å²) in [6.45, 7) is 0. The maximum Gasteiger partial charge on any atom is 0.195 e. The average molecular weight is 233 g/mol. The third-order valence-electron chi connectivity index (χ3n) is 1.96. The van der Waals surface area contributed by atoms with E-state index in [4.69, 9.17) is 17.3 Å². The molecule has 2 nitrogen and oxygen atoms in total. The zero-order chi connectivity index (χ0) is 11.2. The van der Waals surface area contributed by atoms with E-state index in [0.717, 1.165) is 12.3 Å². The maximum absolute atomic E-state index is 13.3. The van der Waals surface area contributed by atoms with Crippen molar-refractivity contribution in [1.29, 1.82) is 0 Å². The molecule has 0 unspecified atom stereocenters. The summed E-state index contributed by atoms with van der Waals surface area (Å²) in [5.74, 6) is -4.28. The number of nitrogens with zero attached hydrogens (tertiary/aromatic N) is 1. The monoisotopic (exact) mass is 232 g/mol. The van der Waals surface area contributed by atoms with Crippen LogP contribution in [0.2, 0.25) is 5.02 Å². The van der Waals surface area contributed by atoms with Crippen molar-refractivity contribution >= 4 is 28.2 Å². The zero-order valence-electron chi connectivity index (χ0n) is 7.19. The van der Waals surface area contributed by atoms with Crippen LogP contribution in [0.3, 0.4) is 0 Å². The second-order valence-corrected chi connectivity index (χ2v) is 3.29. The molecule has 0 amide bonds. The number of nitrogens with two attached hydrogens (primary N) is 1. The smallest absolute Gasteiger partial charge is 0.195 e. The van der Waals surface area contributed by atoms with Crippen LogP contribution in [0.25, 0.3) is 10.9 Å². The van der Waals surface area contributed by atoms with E-state index in [1.807, 2.05) is 0 Å². The SMILES string of the molecule is Nc1cnc2cc(F)c(F)c(F)c2c1Cl. The molecule has 0 aliphatic heterocycles. The van der Waals surface area contributed by atoms with E-state index < -0.39 is 17.5 Å². The van der Waals surface area contributed by atoms with Crippen molar-refractivity contribution in [1.82, 2.24) is 4.98 Å².